The molecule has 1 unspecified atom stereocenters. The maximum atomic E-state index is 13.1. The first-order chi connectivity index (χ1) is 12.1. The fourth-order valence-electron chi connectivity index (χ4n) is 3.66. The van der Waals surface area contributed by atoms with Gasteiger partial charge in [-0.05, 0) is 17.7 Å². The van der Waals surface area contributed by atoms with Gasteiger partial charge in [0, 0.05) is 13.0 Å². The second-order valence-corrected chi connectivity index (χ2v) is 6.41. The topological polar surface area (TPSA) is 75.9 Å². The Morgan fingerprint density at radius 2 is 1.84 bits per heavy atom. The Hall–Kier alpha value is -3.02. The van der Waals surface area contributed by atoms with Crippen molar-refractivity contribution in [3.63, 3.8) is 0 Å². The first kappa shape index (κ1) is 15.5. The molecular weight excluding hydrogens is 318 g/mol. The third-order valence-electron chi connectivity index (χ3n) is 4.85. The summed E-state index contributed by atoms with van der Waals surface area (Å²) in [5.74, 6) is 0.280. The third-order valence-corrected chi connectivity index (χ3v) is 4.85. The van der Waals surface area contributed by atoms with Crippen molar-refractivity contribution < 1.29 is 14.3 Å². The monoisotopic (exact) mass is 337 g/mol. The number of rotatable bonds is 4. The largest absolute Gasteiger partial charge is 0.488 e. The van der Waals surface area contributed by atoms with E-state index in [1.807, 2.05) is 59.5 Å². The number of primary amides is 1. The van der Waals surface area contributed by atoms with Crippen LogP contribution in [0.3, 0.4) is 0 Å². The second kappa shape index (κ2) is 5.81. The van der Waals surface area contributed by atoms with Gasteiger partial charge in [-0.2, -0.15) is 0 Å². The van der Waals surface area contributed by atoms with E-state index in [9.17, 15) is 9.59 Å². The number of carbonyl (C=O) groups excluding carboxylic acids is 2. The highest BCUT2D eigenvalue weighted by Gasteiger charge is 2.54. The minimum Gasteiger partial charge on any atom is -0.488 e. The van der Waals surface area contributed by atoms with Gasteiger partial charge >= 0.3 is 6.03 Å². The van der Waals surface area contributed by atoms with E-state index < -0.39 is 11.4 Å². The van der Waals surface area contributed by atoms with Crippen LogP contribution in [-0.4, -0.2) is 36.5 Å². The van der Waals surface area contributed by atoms with E-state index in [1.54, 1.807) is 4.90 Å². The summed E-state index contributed by atoms with van der Waals surface area (Å²) in [4.78, 5) is 27.8. The molecule has 1 fully saturated rings. The number of fused-ring (bicyclic) bond motifs is 3. The van der Waals surface area contributed by atoms with Crippen LogP contribution < -0.4 is 15.4 Å². The summed E-state index contributed by atoms with van der Waals surface area (Å²) in [5, 5.41) is 0. The van der Waals surface area contributed by atoms with Gasteiger partial charge in [-0.25, -0.2) is 4.79 Å². The van der Waals surface area contributed by atoms with Gasteiger partial charge in [0.15, 0.2) is 0 Å². The van der Waals surface area contributed by atoms with Crippen molar-refractivity contribution in [3.05, 3.63) is 60.2 Å². The smallest absolute Gasteiger partial charge is 0.325 e. The highest BCUT2D eigenvalue weighted by molar-refractivity contribution is 5.98. The number of nitrogens with two attached hydrogens (primary N) is 1. The summed E-state index contributed by atoms with van der Waals surface area (Å²) in [6.07, 6.45) is 0.146. The zero-order chi connectivity index (χ0) is 17.4. The van der Waals surface area contributed by atoms with Crippen molar-refractivity contribution in [1.29, 1.82) is 0 Å². The molecule has 0 aliphatic carbocycles. The number of carbonyl (C=O) groups is 2. The normalized spacial score (nSPS) is 21.5. The Balaban J connectivity index is 1.80. The van der Waals surface area contributed by atoms with Gasteiger partial charge in [0.05, 0.1) is 12.2 Å². The van der Waals surface area contributed by atoms with Crippen LogP contribution in [0.4, 0.5) is 10.5 Å². The number of urea groups is 1. The van der Waals surface area contributed by atoms with Gasteiger partial charge in [0.2, 0.25) is 5.91 Å². The number of ether oxygens (including phenoxy) is 1. The van der Waals surface area contributed by atoms with Gasteiger partial charge < -0.3 is 15.4 Å². The molecule has 4 rings (SSSR count). The standard InChI is InChI=1S/C19H19N3O3/c20-17(23)10-11-21-12-19(14-6-2-1-3-7-14)13-25-16-9-5-4-8-15(16)22(19)18(21)24/h1-9H,10-13H2,(H2,20,23). The minimum absolute atomic E-state index is 0.124. The average Bonchev–Trinajstić information content (AvgIpc) is 2.94. The summed E-state index contributed by atoms with van der Waals surface area (Å²) in [6, 6.07) is 17.3. The van der Waals surface area contributed by atoms with E-state index >= 15 is 0 Å². The second-order valence-electron chi connectivity index (χ2n) is 6.41. The lowest BCUT2D eigenvalue weighted by Crippen LogP contribution is -2.51. The Morgan fingerprint density at radius 3 is 2.60 bits per heavy atom. The van der Waals surface area contributed by atoms with Crippen LogP contribution in [0.5, 0.6) is 5.75 Å². The highest BCUT2D eigenvalue weighted by Crippen LogP contribution is 2.47. The molecule has 128 valence electrons. The Bertz CT molecular complexity index is 824. The number of benzene rings is 2. The van der Waals surface area contributed by atoms with Gasteiger partial charge in [0.1, 0.15) is 17.9 Å². The lowest BCUT2D eigenvalue weighted by Gasteiger charge is -2.41. The molecule has 2 aromatic rings. The van der Waals surface area contributed by atoms with Gasteiger partial charge in [0.25, 0.3) is 0 Å². The van der Waals surface area contributed by atoms with Crippen LogP contribution in [0.1, 0.15) is 12.0 Å². The number of hydrogen-bond donors (Lipinski definition) is 1. The highest BCUT2D eigenvalue weighted by atomic mass is 16.5. The van der Waals surface area contributed by atoms with Crippen molar-refractivity contribution >= 4 is 17.6 Å². The molecule has 0 radical (unpaired) electrons. The van der Waals surface area contributed by atoms with E-state index in [0.717, 1.165) is 11.3 Å². The zero-order valence-corrected chi connectivity index (χ0v) is 13.7. The third kappa shape index (κ3) is 2.41. The lowest BCUT2D eigenvalue weighted by atomic mass is 9.88. The minimum atomic E-state index is -0.607. The van der Waals surface area contributed by atoms with E-state index in [2.05, 4.69) is 0 Å². The molecule has 6 heteroatoms. The lowest BCUT2D eigenvalue weighted by molar-refractivity contribution is -0.118. The van der Waals surface area contributed by atoms with Crippen molar-refractivity contribution in [2.45, 2.75) is 12.0 Å². The van der Waals surface area contributed by atoms with Crippen molar-refractivity contribution in [3.8, 4) is 5.75 Å². The van der Waals surface area contributed by atoms with Crippen LogP contribution in [-0.2, 0) is 10.3 Å². The molecule has 1 atom stereocenters. The van der Waals surface area contributed by atoms with Gasteiger partial charge in [-0.1, -0.05) is 42.5 Å². The fourth-order valence-corrected chi connectivity index (χ4v) is 3.66. The predicted octanol–water partition coefficient (Wildman–Crippen LogP) is 2.09. The molecule has 2 aromatic carbocycles. The van der Waals surface area contributed by atoms with Gasteiger partial charge in [-0.3, -0.25) is 9.69 Å². The molecule has 0 bridgehead atoms. The predicted molar refractivity (Wildman–Crippen MR) is 93.3 cm³/mol. The molecule has 0 aromatic heterocycles. The molecule has 0 spiro atoms. The summed E-state index contributed by atoms with van der Waals surface area (Å²) in [5.41, 5.74) is 6.43. The van der Waals surface area contributed by atoms with E-state index in [4.69, 9.17) is 10.5 Å². The van der Waals surface area contributed by atoms with Crippen LogP contribution in [0.15, 0.2) is 54.6 Å². The fraction of sp³-hybridized carbons (Fsp3) is 0.263. The molecule has 25 heavy (non-hydrogen) atoms. The number of amides is 3. The molecule has 6 nitrogen and oxygen atoms in total. The van der Waals surface area contributed by atoms with Crippen LogP contribution in [0, 0.1) is 0 Å². The zero-order valence-electron chi connectivity index (χ0n) is 13.7. The molecule has 3 amide bonds. The van der Waals surface area contributed by atoms with Crippen LogP contribution >= 0.6 is 0 Å². The van der Waals surface area contributed by atoms with Crippen molar-refractivity contribution in [2.24, 2.45) is 5.73 Å². The summed E-state index contributed by atoms with van der Waals surface area (Å²) >= 11 is 0. The van der Waals surface area contributed by atoms with Crippen LogP contribution in [0.2, 0.25) is 0 Å². The summed E-state index contributed by atoms with van der Waals surface area (Å²) < 4.78 is 6.01. The molecule has 2 heterocycles. The number of para-hydroxylation sites is 2. The van der Waals surface area contributed by atoms with Crippen molar-refractivity contribution in [1.82, 2.24) is 4.90 Å². The first-order valence-electron chi connectivity index (χ1n) is 8.27. The quantitative estimate of drug-likeness (QED) is 0.928. The van der Waals surface area contributed by atoms with Gasteiger partial charge in [-0.15, -0.1) is 0 Å². The maximum Gasteiger partial charge on any atom is 0.325 e. The average molecular weight is 337 g/mol. The molecule has 2 aliphatic heterocycles. The molecule has 1 saturated heterocycles. The molecule has 2 N–H and O–H groups in total. The van der Waals surface area contributed by atoms with Crippen molar-refractivity contribution in [2.75, 3.05) is 24.6 Å². The summed E-state index contributed by atoms with van der Waals surface area (Å²) in [6.45, 7) is 1.13. The Morgan fingerprint density at radius 1 is 1.12 bits per heavy atom. The van der Waals surface area contributed by atoms with Crippen LogP contribution in [0.25, 0.3) is 0 Å². The number of anilines is 1. The Labute approximate surface area is 145 Å². The first-order valence-corrected chi connectivity index (χ1v) is 8.27. The summed E-state index contributed by atoms with van der Waals surface area (Å²) in [7, 11) is 0. The maximum absolute atomic E-state index is 13.1. The van der Waals surface area contributed by atoms with E-state index in [-0.39, 0.29) is 12.5 Å². The van der Waals surface area contributed by atoms with E-state index in [1.165, 1.54) is 0 Å². The molecular formula is C19H19N3O3. The molecule has 0 saturated carbocycles. The SMILES string of the molecule is NC(=O)CCN1CC2(c3ccccc3)COc3ccccc3N2C1=O. The Kier molecular flexibility index (Phi) is 3.60. The number of nitrogens with zero attached hydrogens (tertiary/aromatic N) is 2. The van der Waals surface area contributed by atoms with E-state index in [0.29, 0.717) is 25.4 Å². The molecule has 2 aliphatic rings. The number of hydrogen-bond acceptors (Lipinski definition) is 3.